The van der Waals surface area contributed by atoms with Crippen LogP contribution in [0.15, 0.2) is 42.5 Å². The second kappa shape index (κ2) is 8.33. The average molecular weight is 455 g/mol. The van der Waals surface area contributed by atoms with Gasteiger partial charge in [0, 0.05) is 18.1 Å². The summed E-state index contributed by atoms with van der Waals surface area (Å²) >= 11 is 5.86. The van der Waals surface area contributed by atoms with E-state index < -0.39 is 24.1 Å². The summed E-state index contributed by atoms with van der Waals surface area (Å²) in [6.07, 6.45) is -4.23. The van der Waals surface area contributed by atoms with Crippen LogP contribution in [0.2, 0.25) is 5.02 Å². The van der Waals surface area contributed by atoms with Gasteiger partial charge in [-0.1, -0.05) is 29.8 Å². The molecule has 9 heteroatoms. The largest absolute Gasteiger partial charge is 0.478 e. The fraction of sp³-hybridized carbons (Fsp3) is 0.409. The first kappa shape index (κ1) is 21.9. The highest BCUT2D eigenvalue weighted by Gasteiger charge is 2.45. The van der Waals surface area contributed by atoms with Crippen LogP contribution in [-0.4, -0.2) is 40.5 Å². The molecule has 5 nitrogen and oxygen atoms in total. The van der Waals surface area contributed by atoms with E-state index in [0.717, 1.165) is 6.07 Å². The van der Waals surface area contributed by atoms with Gasteiger partial charge in [-0.2, -0.15) is 13.2 Å². The second-order valence-corrected chi connectivity index (χ2v) is 8.68. The number of halogens is 4. The number of anilines is 1. The lowest BCUT2D eigenvalue weighted by Gasteiger charge is -2.27. The van der Waals surface area contributed by atoms with Gasteiger partial charge in [-0.3, -0.25) is 4.90 Å². The van der Waals surface area contributed by atoms with E-state index in [0.29, 0.717) is 31.5 Å². The van der Waals surface area contributed by atoms with E-state index in [9.17, 15) is 28.2 Å². The van der Waals surface area contributed by atoms with Crippen molar-refractivity contribution in [1.29, 1.82) is 0 Å². The van der Waals surface area contributed by atoms with E-state index in [1.807, 2.05) is 0 Å². The number of carbonyl (C=O) groups is 1. The first-order chi connectivity index (χ1) is 14.6. The van der Waals surface area contributed by atoms with Gasteiger partial charge < -0.3 is 15.5 Å². The summed E-state index contributed by atoms with van der Waals surface area (Å²) in [7, 11) is 0. The third-order valence-electron chi connectivity index (χ3n) is 6.33. The topological polar surface area (TPSA) is 72.8 Å². The molecule has 2 aliphatic rings. The smallest absolute Gasteiger partial charge is 0.416 e. The van der Waals surface area contributed by atoms with Crippen molar-refractivity contribution in [3.8, 4) is 0 Å². The summed E-state index contributed by atoms with van der Waals surface area (Å²) in [5.41, 5.74) is -0.0161. The zero-order valence-electron chi connectivity index (χ0n) is 16.4. The summed E-state index contributed by atoms with van der Waals surface area (Å²) in [6, 6.07) is 10.1. The van der Waals surface area contributed by atoms with Crippen LogP contribution in [0.1, 0.15) is 40.2 Å². The zero-order chi connectivity index (χ0) is 22.3. The third-order valence-corrected chi connectivity index (χ3v) is 6.56. The van der Waals surface area contributed by atoms with Gasteiger partial charge in [-0.15, -0.1) is 0 Å². The number of nitrogens with one attached hydrogen (secondary N) is 1. The number of carboxylic acid groups (broad SMARTS) is 1. The molecule has 1 heterocycles. The highest BCUT2D eigenvalue weighted by molar-refractivity contribution is 6.31. The van der Waals surface area contributed by atoms with Crippen molar-refractivity contribution < 1.29 is 28.2 Å². The molecular formula is C22H22ClF3N2O3. The number of likely N-dealkylation sites (tertiary alicyclic amines) is 1. The SMILES string of the molecule is O=C(O)c1cc(Cl)ccc1NC(O)N1C[C@H]2CC(c3ccccc3C(F)(F)F)C[C@H]2C1. The molecule has 166 valence electrons. The summed E-state index contributed by atoms with van der Waals surface area (Å²) in [5.74, 6) is -0.976. The van der Waals surface area contributed by atoms with Crippen LogP contribution in [0.25, 0.3) is 0 Å². The van der Waals surface area contributed by atoms with Gasteiger partial charge in [0.1, 0.15) is 0 Å². The number of aromatic carboxylic acids is 1. The van der Waals surface area contributed by atoms with Gasteiger partial charge in [0.25, 0.3) is 0 Å². The molecular weight excluding hydrogens is 433 g/mol. The number of hydrogen-bond acceptors (Lipinski definition) is 4. The van der Waals surface area contributed by atoms with Crippen LogP contribution in [0.3, 0.4) is 0 Å². The maximum absolute atomic E-state index is 13.4. The van der Waals surface area contributed by atoms with Crippen LogP contribution >= 0.6 is 11.6 Å². The van der Waals surface area contributed by atoms with Crippen LogP contribution in [0.4, 0.5) is 18.9 Å². The summed E-state index contributed by atoms with van der Waals surface area (Å²) in [5, 5.41) is 23.0. The van der Waals surface area contributed by atoms with Crippen molar-refractivity contribution >= 4 is 23.3 Å². The number of nitrogens with zero attached hydrogens (tertiary/aromatic N) is 1. The minimum absolute atomic E-state index is 0.0465. The molecule has 3 N–H and O–H groups in total. The Labute approximate surface area is 182 Å². The maximum atomic E-state index is 13.4. The van der Waals surface area contributed by atoms with Crippen molar-refractivity contribution in [2.45, 2.75) is 31.3 Å². The van der Waals surface area contributed by atoms with Crippen LogP contribution in [-0.2, 0) is 6.18 Å². The van der Waals surface area contributed by atoms with Crippen molar-refractivity contribution in [1.82, 2.24) is 4.90 Å². The normalized spacial score (nSPS) is 24.7. The Morgan fingerprint density at radius 1 is 1.13 bits per heavy atom. The molecule has 31 heavy (non-hydrogen) atoms. The van der Waals surface area contributed by atoms with E-state index in [1.165, 1.54) is 24.3 Å². The molecule has 1 saturated heterocycles. The maximum Gasteiger partial charge on any atom is 0.416 e. The first-order valence-electron chi connectivity index (χ1n) is 10.0. The van der Waals surface area contributed by atoms with Crippen molar-refractivity contribution in [3.05, 3.63) is 64.2 Å². The summed E-state index contributed by atoms with van der Waals surface area (Å²) < 4.78 is 40.1. The molecule has 1 aliphatic carbocycles. The number of fused-ring (bicyclic) bond motifs is 1. The summed E-state index contributed by atoms with van der Waals surface area (Å²) in [6.45, 7) is 1.05. The predicted molar refractivity (Wildman–Crippen MR) is 110 cm³/mol. The van der Waals surface area contributed by atoms with Crippen molar-refractivity contribution in [3.63, 3.8) is 0 Å². The highest BCUT2D eigenvalue weighted by atomic mass is 35.5. The fourth-order valence-corrected chi connectivity index (χ4v) is 5.12. The number of rotatable bonds is 5. The van der Waals surface area contributed by atoms with E-state index >= 15 is 0 Å². The number of benzene rings is 2. The Balaban J connectivity index is 1.42. The van der Waals surface area contributed by atoms with Crippen LogP contribution in [0.5, 0.6) is 0 Å². The number of carboxylic acids is 1. The molecule has 0 bridgehead atoms. The van der Waals surface area contributed by atoms with Crippen molar-refractivity contribution in [2.24, 2.45) is 11.8 Å². The van der Waals surface area contributed by atoms with Crippen LogP contribution < -0.4 is 5.32 Å². The molecule has 1 aliphatic heterocycles. The Bertz CT molecular complexity index is 971. The Kier molecular flexibility index (Phi) is 5.89. The first-order valence-corrected chi connectivity index (χ1v) is 10.4. The van der Waals surface area contributed by atoms with Gasteiger partial charge >= 0.3 is 12.1 Å². The Hall–Kier alpha value is -2.29. The minimum Gasteiger partial charge on any atom is -0.478 e. The molecule has 2 aromatic carbocycles. The van der Waals surface area contributed by atoms with Crippen molar-refractivity contribution in [2.75, 3.05) is 18.4 Å². The average Bonchev–Trinajstić information content (AvgIpc) is 3.28. The lowest BCUT2D eigenvalue weighted by Crippen LogP contribution is -2.40. The van der Waals surface area contributed by atoms with Gasteiger partial charge in [0.05, 0.1) is 16.8 Å². The molecule has 0 radical (unpaired) electrons. The predicted octanol–water partition coefficient (Wildman–Crippen LogP) is 4.87. The Morgan fingerprint density at radius 3 is 2.39 bits per heavy atom. The molecule has 2 fully saturated rings. The van der Waals surface area contributed by atoms with Gasteiger partial charge in [-0.05, 0) is 60.4 Å². The zero-order valence-corrected chi connectivity index (χ0v) is 17.2. The quantitative estimate of drug-likeness (QED) is 0.562. The lowest BCUT2D eigenvalue weighted by molar-refractivity contribution is -0.138. The van der Waals surface area contributed by atoms with E-state index in [-0.39, 0.29) is 34.0 Å². The summed E-state index contributed by atoms with van der Waals surface area (Å²) in [4.78, 5) is 13.2. The van der Waals surface area contributed by atoms with E-state index in [1.54, 1.807) is 17.0 Å². The van der Waals surface area contributed by atoms with Gasteiger partial charge in [0.2, 0.25) is 0 Å². The van der Waals surface area contributed by atoms with E-state index in [2.05, 4.69) is 5.32 Å². The monoisotopic (exact) mass is 454 g/mol. The van der Waals surface area contributed by atoms with Gasteiger partial charge in [0.15, 0.2) is 6.35 Å². The molecule has 2 unspecified atom stereocenters. The number of hydrogen-bond donors (Lipinski definition) is 3. The molecule has 2 aromatic rings. The third kappa shape index (κ3) is 4.51. The number of alkyl halides is 3. The lowest BCUT2D eigenvalue weighted by atomic mass is 9.91. The van der Waals surface area contributed by atoms with E-state index in [4.69, 9.17) is 11.6 Å². The highest BCUT2D eigenvalue weighted by Crippen LogP contribution is 2.49. The second-order valence-electron chi connectivity index (χ2n) is 8.24. The number of aliphatic hydroxyl groups excluding tert-OH is 1. The minimum atomic E-state index is -4.37. The molecule has 4 atom stereocenters. The van der Waals surface area contributed by atoms with Crippen LogP contribution in [0, 0.1) is 11.8 Å². The fourth-order valence-electron chi connectivity index (χ4n) is 4.95. The standard InChI is InChI=1S/C22H22ClF3N2O3/c23-15-5-6-19(17(9-15)20(29)30)27-21(31)28-10-13-7-12(8-14(13)11-28)16-3-1-2-4-18(16)22(24,25)26/h1-6,9,12-14,21,27,31H,7-8,10-11H2,(H,29,30)/t12?,13-,14+,21?. The molecule has 0 aromatic heterocycles. The van der Waals surface area contributed by atoms with Gasteiger partial charge in [-0.25, -0.2) is 4.79 Å². The molecule has 0 amide bonds. The molecule has 4 rings (SSSR count). The Morgan fingerprint density at radius 2 is 1.77 bits per heavy atom. The molecule has 1 saturated carbocycles. The molecule has 0 spiro atoms. The number of aliphatic hydroxyl groups is 1.